The highest BCUT2D eigenvalue weighted by atomic mass is 19.4. The third kappa shape index (κ3) is 5.31. The van der Waals surface area contributed by atoms with E-state index in [-0.39, 0.29) is 25.9 Å². The lowest BCUT2D eigenvalue weighted by Crippen LogP contribution is -2.53. The number of halogens is 3. The van der Waals surface area contributed by atoms with Crippen LogP contribution in [0, 0.1) is 11.3 Å². The number of carbonyl (C=O) groups excluding carboxylic acids is 3. The Hall–Kier alpha value is -4.80. The topological polar surface area (TPSA) is 146 Å². The molecule has 3 amide bonds. The molecule has 38 heavy (non-hydrogen) atoms. The molecule has 196 valence electrons. The zero-order valence-electron chi connectivity index (χ0n) is 20.0. The standard InChI is InChI=1S/C24H21F3N8O3/c1-2-34-22-15(16(13-19(36)29-11-9-28)33-35(22)14-6-4-3-5-7-14)12-17(23(34)38)31-21(37)20-30-10-8-18(32-20)24(25,26)27/h3-8,10,17H,2,11-13H2,1H3,(H,29,36)(H,31,37). The Balaban J connectivity index is 1.70. The quantitative estimate of drug-likeness (QED) is 0.445. The Labute approximate surface area is 214 Å². The summed E-state index contributed by atoms with van der Waals surface area (Å²) < 4.78 is 40.6. The average Bonchev–Trinajstić information content (AvgIpc) is 3.25. The Kier molecular flexibility index (Phi) is 7.38. The van der Waals surface area contributed by atoms with Crippen molar-refractivity contribution in [2.75, 3.05) is 18.0 Å². The van der Waals surface area contributed by atoms with Gasteiger partial charge >= 0.3 is 6.18 Å². The minimum Gasteiger partial charge on any atom is -0.343 e. The number of aromatic nitrogens is 4. The molecule has 1 aromatic carbocycles. The smallest absolute Gasteiger partial charge is 0.343 e. The van der Waals surface area contributed by atoms with E-state index >= 15 is 0 Å². The molecule has 4 rings (SSSR count). The number of hydrogen-bond donors (Lipinski definition) is 2. The Morgan fingerprint density at radius 1 is 1.21 bits per heavy atom. The summed E-state index contributed by atoms with van der Waals surface area (Å²) in [5.74, 6) is -2.37. The van der Waals surface area contributed by atoms with E-state index in [1.54, 1.807) is 37.3 Å². The summed E-state index contributed by atoms with van der Waals surface area (Å²) in [6.45, 7) is 1.69. The second-order valence-corrected chi connectivity index (χ2v) is 8.18. The lowest BCUT2D eigenvalue weighted by Gasteiger charge is -2.32. The van der Waals surface area contributed by atoms with E-state index in [9.17, 15) is 27.6 Å². The molecule has 11 nitrogen and oxygen atoms in total. The number of nitriles is 1. The summed E-state index contributed by atoms with van der Waals surface area (Å²) in [4.78, 5) is 46.8. The third-order valence-electron chi connectivity index (χ3n) is 5.73. The van der Waals surface area contributed by atoms with Gasteiger partial charge in [-0.2, -0.15) is 23.5 Å². The minimum atomic E-state index is -4.78. The molecular formula is C24H21F3N8O3. The van der Waals surface area contributed by atoms with Gasteiger partial charge in [0, 0.05) is 24.7 Å². The second-order valence-electron chi connectivity index (χ2n) is 8.18. The van der Waals surface area contributed by atoms with Gasteiger partial charge in [-0.15, -0.1) is 0 Å². The van der Waals surface area contributed by atoms with Crippen LogP contribution in [0.2, 0.25) is 0 Å². The van der Waals surface area contributed by atoms with Crippen LogP contribution in [0.5, 0.6) is 0 Å². The molecule has 1 aliphatic rings. The number of alkyl halides is 3. The van der Waals surface area contributed by atoms with Crippen LogP contribution in [0.15, 0.2) is 42.6 Å². The first-order valence-corrected chi connectivity index (χ1v) is 11.5. The largest absolute Gasteiger partial charge is 0.433 e. The SMILES string of the molecule is CCN1C(=O)C(NC(=O)c2nccc(C(F)(F)F)n2)Cc2c(CC(=O)NCC#N)nn(-c3ccccc3)c21. The number of fused-ring (bicyclic) bond motifs is 1. The lowest BCUT2D eigenvalue weighted by atomic mass is 9.97. The van der Waals surface area contributed by atoms with E-state index in [4.69, 9.17) is 5.26 Å². The third-order valence-corrected chi connectivity index (χ3v) is 5.73. The van der Waals surface area contributed by atoms with E-state index in [0.29, 0.717) is 28.8 Å². The summed E-state index contributed by atoms with van der Waals surface area (Å²) in [5, 5.41) is 18.2. The second kappa shape index (κ2) is 10.7. The molecule has 0 saturated heterocycles. The van der Waals surface area contributed by atoms with E-state index in [0.717, 1.165) is 6.20 Å². The molecular weight excluding hydrogens is 505 g/mol. The molecule has 0 spiro atoms. The zero-order valence-corrected chi connectivity index (χ0v) is 20.0. The fourth-order valence-corrected chi connectivity index (χ4v) is 4.07. The maximum Gasteiger partial charge on any atom is 0.433 e. The minimum absolute atomic E-state index is 0.0803. The van der Waals surface area contributed by atoms with Crippen LogP contribution < -0.4 is 15.5 Å². The molecule has 0 fully saturated rings. The molecule has 2 aromatic heterocycles. The van der Waals surface area contributed by atoms with Crippen molar-refractivity contribution in [1.29, 1.82) is 5.26 Å². The molecule has 14 heteroatoms. The zero-order chi connectivity index (χ0) is 27.4. The van der Waals surface area contributed by atoms with Gasteiger partial charge in [0.25, 0.3) is 11.8 Å². The maximum absolute atomic E-state index is 13.4. The number of nitrogens with one attached hydrogen (secondary N) is 2. The molecule has 0 bridgehead atoms. The molecule has 1 aliphatic heterocycles. The highest BCUT2D eigenvalue weighted by molar-refractivity contribution is 6.03. The summed E-state index contributed by atoms with van der Waals surface area (Å²) >= 11 is 0. The summed E-state index contributed by atoms with van der Waals surface area (Å²) in [7, 11) is 0. The normalized spacial score (nSPS) is 15.0. The number of para-hydroxylation sites is 1. The lowest BCUT2D eigenvalue weighted by molar-refractivity contribution is -0.141. The summed E-state index contributed by atoms with van der Waals surface area (Å²) in [5.41, 5.74) is 0.149. The molecule has 2 N–H and O–H groups in total. The van der Waals surface area contributed by atoms with Gasteiger partial charge in [-0.3, -0.25) is 19.3 Å². The van der Waals surface area contributed by atoms with Crippen molar-refractivity contribution >= 4 is 23.5 Å². The number of hydrogen-bond acceptors (Lipinski definition) is 7. The van der Waals surface area contributed by atoms with Crippen molar-refractivity contribution in [3.05, 3.63) is 65.4 Å². The molecule has 1 unspecified atom stereocenters. The van der Waals surface area contributed by atoms with Crippen molar-refractivity contribution < 1.29 is 27.6 Å². The Morgan fingerprint density at radius 3 is 2.61 bits per heavy atom. The van der Waals surface area contributed by atoms with E-state index in [1.165, 1.54) is 9.58 Å². The predicted molar refractivity (Wildman–Crippen MR) is 126 cm³/mol. The maximum atomic E-state index is 13.4. The number of nitrogens with zero attached hydrogens (tertiary/aromatic N) is 6. The average molecular weight is 526 g/mol. The number of carbonyl (C=O) groups is 3. The van der Waals surface area contributed by atoms with Crippen LogP contribution >= 0.6 is 0 Å². The van der Waals surface area contributed by atoms with Gasteiger partial charge in [0.1, 0.15) is 24.1 Å². The molecule has 0 saturated carbocycles. The summed E-state index contributed by atoms with van der Waals surface area (Å²) in [6.07, 6.45) is -4.25. The van der Waals surface area contributed by atoms with E-state index in [1.807, 2.05) is 6.07 Å². The monoisotopic (exact) mass is 526 g/mol. The van der Waals surface area contributed by atoms with Crippen molar-refractivity contribution in [2.45, 2.75) is 32.0 Å². The molecule has 0 radical (unpaired) electrons. The first-order valence-electron chi connectivity index (χ1n) is 11.5. The molecule has 0 aliphatic carbocycles. The fraction of sp³-hybridized carbons (Fsp3) is 0.292. The van der Waals surface area contributed by atoms with E-state index < -0.39 is 41.5 Å². The number of benzene rings is 1. The van der Waals surface area contributed by atoms with Gasteiger partial charge in [0.2, 0.25) is 11.7 Å². The number of likely N-dealkylation sites (N-methyl/N-ethyl adjacent to an activating group) is 1. The van der Waals surface area contributed by atoms with E-state index in [2.05, 4.69) is 25.7 Å². The van der Waals surface area contributed by atoms with Gasteiger partial charge in [-0.25, -0.2) is 14.6 Å². The Morgan fingerprint density at radius 2 is 1.95 bits per heavy atom. The Bertz CT molecular complexity index is 1420. The highest BCUT2D eigenvalue weighted by Crippen LogP contribution is 2.33. The number of anilines is 1. The van der Waals surface area contributed by atoms with Crippen LogP contribution in [-0.4, -0.2) is 56.6 Å². The number of rotatable bonds is 7. The van der Waals surface area contributed by atoms with Gasteiger partial charge in [0.05, 0.1) is 23.9 Å². The fourth-order valence-electron chi connectivity index (χ4n) is 4.07. The van der Waals surface area contributed by atoms with Gasteiger partial charge in [-0.1, -0.05) is 18.2 Å². The van der Waals surface area contributed by atoms with Gasteiger partial charge in [0.15, 0.2) is 0 Å². The van der Waals surface area contributed by atoms with Crippen LogP contribution in [0.3, 0.4) is 0 Å². The molecule has 3 heterocycles. The summed E-state index contributed by atoms with van der Waals surface area (Å²) in [6, 6.07) is 10.2. The van der Waals surface area contributed by atoms with Crippen molar-refractivity contribution in [3.8, 4) is 11.8 Å². The first kappa shape index (κ1) is 26.3. The van der Waals surface area contributed by atoms with Crippen LogP contribution in [0.4, 0.5) is 19.0 Å². The van der Waals surface area contributed by atoms with Crippen molar-refractivity contribution in [1.82, 2.24) is 30.4 Å². The van der Waals surface area contributed by atoms with Crippen molar-refractivity contribution in [2.24, 2.45) is 0 Å². The van der Waals surface area contributed by atoms with Gasteiger partial charge < -0.3 is 10.6 Å². The molecule has 3 aromatic rings. The highest BCUT2D eigenvalue weighted by Gasteiger charge is 2.39. The van der Waals surface area contributed by atoms with Crippen LogP contribution in [-0.2, 0) is 28.6 Å². The van der Waals surface area contributed by atoms with Gasteiger partial charge in [-0.05, 0) is 25.1 Å². The van der Waals surface area contributed by atoms with Crippen molar-refractivity contribution in [3.63, 3.8) is 0 Å². The molecule has 1 atom stereocenters. The van der Waals surface area contributed by atoms with Crippen LogP contribution in [0.25, 0.3) is 5.69 Å². The predicted octanol–water partition coefficient (Wildman–Crippen LogP) is 1.57. The first-order chi connectivity index (χ1) is 18.1. The van der Waals surface area contributed by atoms with Crippen LogP contribution in [0.1, 0.15) is 34.5 Å². The number of amides is 3.